The van der Waals surface area contributed by atoms with Crippen LogP contribution in [0.25, 0.3) is 0 Å². The van der Waals surface area contributed by atoms with Crippen molar-refractivity contribution >= 4 is 17.5 Å². The van der Waals surface area contributed by atoms with Crippen LogP contribution in [0.1, 0.15) is 24.8 Å². The molecule has 1 heterocycles. The Balaban J connectivity index is 1.86. The van der Waals surface area contributed by atoms with E-state index in [4.69, 9.17) is 0 Å². The van der Waals surface area contributed by atoms with Gasteiger partial charge in [-0.2, -0.15) is 0 Å². The van der Waals surface area contributed by atoms with Gasteiger partial charge in [-0.15, -0.1) is 0 Å². The van der Waals surface area contributed by atoms with Gasteiger partial charge in [0.25, 0.3) is 0 Å². The molecule has 4 nitrogen and oxygen atoms in total. The maximum Gasteiger partial charge on any atom is 0.237 e. The molecule has 1 saturated heterocycles. The minimum absolute atomic E-state index is 0.00568. The predicted octanol–water partition coefficient (Wildman–Crippen LogP) is 1.70. The standard InChI is InChI=1S/C15H18N2O2/c1-16-9-10-5-7-11(8-6-10)17-14(18)12-3-2-4-13(12)15(17)19/h5-8,12-13,16H,2-4,9H2,1H3. The highest BCUT2D eigenvalue weighted by atomic mass is 16.2. The van der Waals surface area contributed by atoms with Crippen molar-refractivity contribution in [2.45, 2.75) is 25.8 Å². The molecule has 3 rings (SSSR count). The summed E-state index contributed by atoms with van der Waals surface area (Å²) in [4.78, 5) is 26.0. The third kappa shape index (κ3) is 1.96. The van der Waals surface area contributed by atoms with Gasteiger partial charge in [0.05, 0.1) is 17.5 Å². The van der Waals surface area contributed by atoms with E-state index in [1.165, 1.54) is 4.90 Å². The first-order valence-electron chi connectivity index (χ1n) is 6.83. The molecule has 100 valence electrons. The molecule has 2 fully saturated rings. The van der Waals surface area contributed by atoms with Crippen LogP contribution in [-0.2, 0) is 16.1 Å². The van der Waals surface area contributed by atoms with Crippen molar-refractivity contribution in [3.05, 3.63) is 29.8 Å². The molecule has 0 aromatic heterocycles. The van der Waals surface area contributed by atoms with Gasteiger partial charge in [0, 0.05) is 6.54 Å². The quantitative estimate of drug-likeness (QED) is 0.839. The first-order chi connectivity index (χ1) is 9.22. The number of carbonyl (C=O) groups excluding carboxylic acids is 2. The Morgan fingerprint density at radius 1 is 1.11 bits per heavy atom. The van der Waals surface area contributed by atoms with Crippen LogP contribution in [0.4, 0.5) is 5.69 Å². The second-order valence-electron chi connectivity index (χ2n) is 5.35. The first kappa shape index (κ1) is 12.4. The van der Waals surface area contributed by atoms with Crippen LogP contribution >= 0.6 is 0 Å². The lowest BCUT2D eigenvalue weighted by atomic mass is 10.00. The van der Waals surface area contributed by atoms with Gasteiger partial charge in [0.1, 0.15) is 0 Å². The third-order valence-corrected chi connectivity index (χ3v) is 4.17. The zero-order valence-electron chi connectivity index (χ0n) is 11.1. The number of nitrogens with one attached hydrogen (secondary N) is 1. The second-order valence-corrected chi connectivity index (χ2v) is 5.35. The highest BCUT2D eigenvalue weighted by Gasteiger charge is 2.50. The lowest BCUT2D eigenvalue weighted by Crippen LogP contribution is -2.31. The van der Waals surface area contributed by atoms with Crippen molar-refractivity contribution in [3.63, 3.8) is 0 Å². The van der Waals surface area contributed by atoms with Crippen molar-refractivity contribution < 1.29 is 9.59 Å². The number of fused-ring (bicyclic) bond motifs is 1. The molecule has 0 spiro atoms. The molecule has 1 aliphatic heterocycles. The molecule has 19 heavy (non-hydrogen) atoms. The van der Waals surface area contributed by atoms with Gasteiger partial charge in [0.15, 0.2) is 0 Å². The van der Waals surface area contributed by atoms with Gasteiger partial charge in [-0.05, 0) is 37.6 Å². The van der Waals surface area contributed by atoms with Crippen molar-refractivity contribution in [1.29, 1.82) is 0 Å². The van der Waals surface area contributed by atoms with Crippen LogP contribution in [0, 0.1) is 11.8 Å². The van der Waals surface area contributed by atoms with E-state index in [9.17, 15) is 9.59 Å². The Labute approximate surface area is 112 Å². The molecule has 0 bridgehead atoms. The van der Waals surface area contributed by atoms with Crippen LogP contribution in [-0.4, -0.2) is 18.9 Å². The summed E-state index contributed by atoms with van der Waals surface area (Å²) in [5.41, 5.74) is 1.86. The van der Waals surface area contributed by atoms with Gasteiger partial charge < -0.3 is 5.32 Å². The molecule has 1 N–H and O–H groups in total. The molecular formula is C15H18N2O2. The van der Waals surface area contributed by atoms with E-state index >= 15 is 0 Å². The molecular weight excluding hydrogens is 240 g/mol. The normalized spacial score (nSPS) is 26.1. The molecule has 1 saturated carbocycles. The molecule has 4 heteroatoms. The van der Waals surface area contributed by atoms with Crippen LogP contribution in [0.3, 0.4) is 0 Å². The minimum Gasteiger partial charge on any atom is -0.316 e. The highest BCUT2D eigenvalue weighted by molar-refractivity contribution is 6.22. The number of anilines is 1. The molecule has 2 unspecified atom stereocenters. The van der Waals surface area contributed by atoms with Crippen LogP contribution in [0.5, 0.6) is 0 Å². The summed E-state index contributed by atoms with van der Waals surface area (Å²) in [5, 5.41) is 3.08. The van der Waals surface area contributed by atoms with Crippen LogP contribution in [0.2, 0.25) is 0 Å². The summed E-state index contributed by atoms with van der Waals surface area (Å²) in [7, 11) is 1.89. The van der Waals surface area contributed by atoms with Gasteiger partial charge in [-0.25, -0.2) is 0 Å². The van der Waals surface area contributed by atoms with E-state index in [1.54, 1.807) is 0 Å². The Bertz CT molecular complexity index is 487. The third-order valence-electron chi connectivity index (χ3n) is 4.17. The van der Waals surface area contributed by atoms with Gasteiger partial charge in [0.2, 0.25) is 11.8 Å². The van der Waals surface area contributed by atoms with Gasteiger partial charge in [-0.3, -0.25) is 14.5 Å². The van der Waals surface area contributed by atoms with Gasteiger partial charge in [-0.1, -0.05) is 18.6 Å². The fraction of sp³-hybridized carbons (Fsp3) is 0.467. The fourth-order valence-corrected chi connectivity index (χ4v) is 3.21. The Morgan fingerprint density at radius 2 is 1.68 bits per heavy atom. The van der Waals surface area contributed by atoms with Crippen molar-refractivity contribution in [2.24, 2.45) is 11.8 Å². The monoisotopic (exact) mass is 258 g/mol. The number of hydrogen-bond acceptors (Lipinski definition) is 3. The van der Waals surface area contributed by atoms with E-state index < -0.39 is 0 Å². The number of nitrogens with zero attached hydrogens (tertiary/aromatic N) is 1. The summed E-state index contributed by atoms with van der Waals surface area (Å²) in [5.74, 6) is -0.142. The SMILES string of the molecule is CNCc1ccc(N2C(=O)C3CCCC3C2=O)cc1. The van der Waals surface area contributed by atoms with Crippen LogP contribution in [0.15, 0.2) is 24.3 Å². The Kier molecular flexibility index (Phi) is 3.11. The van der Waals surface area contributed by atoms with Crippen LogP contribution < -0.4 is 10.2 Å². The Hall–Kier alpha value is -1.68. The summed E-state index contributed by atoms with van der Waals surface area (Å²) in [6.45, 7) is 0.785. The predicted molar refractivity (Wildman–Crippen MR) is 72.5 cm³/mol. The summed E-state index contributed by atoms with van der Waals surface area (Å²) in [6.07, 6.45) is 2.73. The summed E-state index contributed by atoms with van der Waals surface area (Å²) < 4.78 is 0. The zero-order valence-corrected chi connectivity index (χ0v) is 11.1. The van der Waals surface area contributed by atoms with E-state index in [2.05, 4.69) is 5.32 Å². The lowest BCUT2D eigenvalue weighted by Gasteiger charge is -2.16. The average molecular weight is 258 g/mol. The van der Waals surface area contributed by atoms with Crippen molar-refractivity contribution in [1.82, 2.24) is 5.32 Å². The van der Waals surface area contributed by atoms with E-state index in [-0.39, 0.29) is 23.7 Å². The maximum absolute atomic E-state index is 12.3. The van der Waals surface area contributed by atoms with Crippen molar-refractivity contribution in [3.8, 4) is 0 Å². The summed E-state index contributed by atoms with van der Waals surface area (Å²) >= 11 is 0. The van der Waals surface area contributed by atoms with Gasteiger partial charge >= 0.3 is 0 Å². The van der Waals surface area contributed by atoms with E-state index in [0.29, 0.717) is 5.69 Å². The number of rotatable bonds is 3. The second kappa shape index (κ2) is 4.78. The first-order valence-corrected chi connectivity index (χ1v) is 6.83. The largest absolute Gasteiger partial charge is 0.316 e. The molecule has 2 atom stereocenters. The van der Waals surface area contributed by atoms with E-state index in [0.717, 1.165) is 31.4 Å². The zero-order chi connectivity index (χ0) is 13.4. The molecule has 1 aliphatic carbocycles. The number of imide groups is 1. The van der Waals surface area contributed by atoms with Crippen molar-refractivity contribution in [2.75, 3.05) is 11.9 Å². The molecule has 2 aliphatic rings. The molecule has 0 radical (unpaired) electrons. The number of hydrogen-bond donors (Lipinski definition) is 1. The topological polar surface area (TPSA) is 49.4 Å². The Morgan fingerprint density at radius 3 is 2.21 bits per heavy atom. The number of amides is 2. The smallest absolute Gasteiger partial charge is 0.237 e. The molecule has 2 amide bonds. The highest BCUT2D eigenvalue weighted by Crippen LogP contribution is 2.41. The molecule has 1 aromatic carbocycles. The molecule has 1 aromatic rings. The average Bonchev–Trinajstić information content (AvgIpc) is 2.97. The minimum atomic E-state index is -0.0653. The lowest BCUT2D eigenvalue weighted by molar-refractivity contribution is -0.122. The number of carbonyl (C=O) groups is 2. The van der Waals surface area contributed by atoms with E-state index in [1.807, 2.05) is 31.3 Å². The number of benzene rings is 1. The fourth-order valence-electron chi connectivity index (χ4n) is 3.21. The summed E-state index contributed by atoms with van der Waals surface area (Å²) in [6, 6.07) is 7.65. The maximum atomic E-state index is 12.3.